The zero-order valence-corrected chi connectivity index (χ0v) is 5.14. The van der Waals surface area contributed by atoms with E-state index in [1.165, 1.54) is 5.38 Å². The highest BCUT2D eigenvalue weighted by Crippen LogP contribution is 2.13. The second-order valence-electron chi connectivity index (χ2n) is 1.36. The second kappa shape index (κ2) is 2.02. The fourth-order valence-electron chi connectivity index (χ4n) is 0.372. The molecule has 0 atom stereocenters. The minimum Gasteiger partial charge on any atom is -0.364 e. The molecule has 0 aliphatic carbocycles. The fraction of sp³-hybridized carbons (Fsp3) is 0. The lowest BCUT2D eigenvalue weighted by atomic mass is 10.7. The van der Waals surface area contributed by atoms with Crippen LogP contribution in [0.3, 0.4) is 0 Å². The first-order chi connectivity index (χ1) is 4.20. The Bertz CT molecular complexity index is 232. The molecule has 0 bridgehead atoms. The molecule has 0 aliphatic rings. The van der Waals surface area contributed by atoms with Crippen molar-refractivity contribution in [3.63, 3.8) is 0 Å². The smallest absolute Gasteiger partial charge is 0.281 e. The summed E-state index contributed by atoms with van der Waals surface area (Å²) in [4.78, 5) is 13.5. The van der Waals surface area contributed by atoms with Crippen LogP contribution in [0.4, 0.5) is 0 Å². The minimum absolute atomic E-state index is 0.0694. The number of nitrogens with zero attached hydrogens (tertiary/aromatic N) is 1. The Labute approximate surface area is 55.0 Å². The Morgan fingerprint density at radius 3 is 2.67 bits per heavy atom. The highest BCUT2D eigenvalue weighted by molar-refractivity contribution is 7.11. The van der Waals surface area contributed by atoms with Crippen LogP contribution in [-0.2, 0) is 5.11 Å². The third-order valence-electron chi connectivity index (χ3n) is 0.694. The van der Waals surface area contributed by atoms with Crippen molar-refractivity contribution >= 4 is 17.2 Å². The number of carbonyl (C=O) groups excluding carboxylic acids is 1. The van der Waals surface area contributed by atoms with Crippen LogP contribution in [0.15, 0.2) is 5.38 Å². The van der Waals surface area contributed by atoms with Gasteiger partial charge in [-0.15, -0.1) is 11.3 Å². The third kappa shape index (κ3) is 1.17. The van der Waals surface area contributed by atoms with E-state index < -0.39 is 11.8 Å². The third-order valence-corrected chi connectivity index (χ3v) is 1.53. The average Bonchev–Trinajstić information content (AvgIpc) is 2.14. The van der Waals surface area contributed by atoms with E-state index in [9.17, 15) is 9.90 Å². The molecule has 0 fully saturated rings. The quantitative estimate of drug-likeness (QED) is 0.617. The summed E-state index contributed by atoms with van der Waals surface area (Å²) in [7, 11) is 0. The Balaban J connectivity index is 2.98. The lowest BCUT2D eigenvalue weighted by Crippen LogP contribution is -2.09. The topological polar surface area (TPSA) is 75.9 Å². The second-order valence-corrected chi connectivity index (χ2v) is 2.21. The minimum atomic E-state index is -0.651. The Morgan fingerprint density at radius 2 is 2.44 bits per heavy atom. The van der Waals surface area contributed by atoms with Crippen molar-refractivity contribution in [2.75, 3.05) is 0 Å². The number of thiazole rings is 1. The largest absolute Gasteiger partial charge is 0.364 e. The molecule has 1 rings (SSSR count). The van der Waals surface area contributed by atoms with Crippen LogP contribution in [0.5, 0.6) is 5.88 Å². The van der Waals surface area contributed by atoms with Gasteiger partial charge < -0.3 is 5.73 Å². The van der Waals surface area contributed by atoms with Crippen molar-refractivity contribution in [1.29, 1.82) is 0 Å². The van der Waals surface area contributed by atoms with Gasteiger partial charge in [-0.05, 0) is 0 Å². The summed E-state index contributed by atoms with van der Waals surface area (Å²) in [6, 6.07) is 0. The van der Waals surface area contributed by atoms with Gasteiger partial charge in [-0.2, -0.15) is 4.98 Å². The summed E-state index contributed by atoms with van der Waals surface area (Å²) in [5.74, 6) is -1.06. The maximum atomic E-state index is 10.3. The first kappa shape index (κ1) is 6.03. The van der Waals surface area contributed by atoms with Crippen LogP contribution in [0.1, 0.15) is 9.80 Å². The molecule has 1 amide bonds. The van der Waals surface area contributed by atoms with Gasteiger partial charge in [0.1, 0.15) is 0 Å². The molecule has 5 heteroatoms. The monoisotopic (exact) mass is 143 g/mol. The maximum absolute atomic E-state index is 10.3. The van der Waals surface area contributed by atoms with E-state index in [-0.39, 0.29) is 5.01 Å². The van der Waals surface area contributed by atoms with Gasteiger partial charge >= 0.3 is 0 Å². The average molecular weight is 143 g/mol. The highest BCUT2D eigenvalue weighted by Gasteiger charge is 2.05. The van der Waals surface area contributed by atoms with Crippen LogP contribution in [0.25, 0.3) is 0 Å². The Kier molecular flexibility index (Phi) is 1.35. The number of amides is 1. The van der Waals surface area contributed by atoms with Gasteiger partial charge in [-0.1, -0.05) is 0 Å². The van der Waals surface area contributed by atoms with E-state index in [0.717, 1.165) is 11.3 Å². The number of hydrogen-bond donors (Lipinski definition) is 1. The van der Waals surface area contributed by atoms with Gasteiger partial charge in [0.25, 0.3) is 11.8 Å². The van der Waals surface area contributed by atoms with E-state index in [1.54, 1.807) is 0 Å². The number of nitrogens with two attached hydrogens (primary N) is 1. The van der Waals surface area contributed by atoms with Crippen molar-refractivity contribution in [2.24, 2.45) is 5.73 Å². The molecule has 0 saturated heterocycles. The molecule has 47 valence electrons. The lowest BCUT2D eigenvalue weighted by Gasteiger charge is -1.78. The van der Waals surface area contributed by atoms with Gasteiger partial charge in [-0.3, -0.25) is 9.90 Å². The molecule has 9 heavy (non-hydrogen) atoms. The van der Waals surface area contributed by atoms with E-state index in [2.05, 4.69) is 4.98 Å². The number of carbonyl (C=O) groups is 1. The number of primary amides is 1. The standard InChI is InChI=1S/C4H3N2O2S/c5-3(8)4-6-2(7)1-9-4/h1H,(H2,5,8). The van der Waals surface area contributed by atoms with E-state index in [0.29, 0.717) is 0 Å². The molecule has 4 nitrogen and oxygen atoms in total. The molecular formula is C4H3N2O2S. The maximum Gasteiger partial charge on any atom is 0.281 e. The van der Waals surface area contributed by atoms with Crippen LogP contribution in [0, 0.1) is 0 Å². The first-order valence-corrected chi connectivity index (χ1v) is 3.00. The van der Waals surface area contributed by atoms with Gasteiger partial charge in [0, 0.05) is 0 Å². The molecular weight excluding hydrogens is 140 g/mol. The van der Waals surface area contributed by atoms with Gasteiger partial charge in [0.05, 0.1) is 5.38 Å². The van der Waals surface area contributed by atoms with Crippen LogP contribution >= 0.6 is 11.3 Å². The summed E-state index contributed by atoms with van der Waals surface area (Å²) < 4.78 is 0. The highest BCUT2D eigenvalue weighted by atomic mass is 32.1. The fourth-order valence-corrected chi connectivity index (χ4v) is 0.896. The van der Waals surface area contributed by atoms with Crippen molar-refractivity contribution in [2.45, 2.75) is 0 Å². The van der Waals surface area contributed by atoms with Crippen molar-refractivity contribution in [3.05, 3.63) is 10.4 Å². The molecule has 2 N–H and O–H groups in total. The molecule has 0 spiro atoms. The molecule has 1 radical (unpaired) electrons. The molecule has 0 unspecified atom stereocenters. The van der Waals surface area contributed by atoms with E-state index in [1.807, 2.05) is 0 Å². The predicted octanol–water partition coefficient (Wildman–Crippen LogP) is 0.386. The van der Waals surface area contributed by atoms with Crippen molar-refractivity contribution in [1.82, 2.24) is 4.98 Å². The Hall–Kier alpha value is -1.10. The van der Waals surface area contributed by atoms with Crippen molar-refractivity contribution in [3.8, 4) is 5.88 Å². The van der Waals surface area contributed by atoms with E-state index in [4.69, 9.17) is 5.73 Å². The zero-order chi connectivity index (χ0) is 6.85. The Morgan fingerprint density at radius 1 is 1.78 bits per heavy atom. The molecule has 1 heterocycles. The summed E-state index contributed by atoms with van der Waals surface area (Å²) in [6.45, 7) is 0. The van der Waals surface area contributed by atoms with Crippen LogP contribution in [-0.4, -0.2) is 10.9 Å². The predicted molar refractivity (Wildman–Crippen MR) is 30.8 cm³/mol. The first-order valence-electron chi connectivity index (χ1n) is 2.12. The normalized spacial score (nSPS) is 9.33. The SMILES string of the molecule is NC(=O)c1nc([O])cs1. The van der Waals surface area contributed by atoms with Crippen LogP contribution in [0.2, 0.25) is 0 Å². The number of hydrogen-bond acceptors (Lipinski definition) is 3. The summed E-state index contributed by atoms with van der Waals surface area (Å²) in [5, 5.41) is 11.6. The molecule has 1 aromatic rings. The molecule has 0 saturated carbocycles. The molecule has 1 aromatic heterocycles. The molecule has 0 aliphatic heterocycles. The van der Waals surface area contributed by atoms with Gasteiger partial charge in [0.2, 0.25) is 0 Å². The summed E-state index contributed by atoms with van der Waals surface area (Å²) in [5.41, 5.74) is 4.80. The summed E-state index contributed by atoms with van der Waals surface area (Å²) in [6.07, 6.45) is 0. The lowest BCUT2D eigenvalue weighted by molar-refractivity contribution is 0.0999. The molecule has 0 aromatic carbocycles. The number of rotatable bonds is 1. The van der Waals surface area contributed by atoms with Gasteiger partial charge in [0.15, 0.2) is 5.01 Å². The van der Waals surface area contributed by atoms with E-state index >= 15 is 0 Å². The van der Waals surface area contributed by atoms with Gasteiger partial charge in [-0.25, -0.2) is 0 Å². The summed E-state index contributed by atoms with van der Waals surface area (Å²) >= 11 is 0.959. The number of aromatic nitrogens is 1. The zero-order valence-electron chi connectivity index (χ0n) is 4.33. The van der Waals surface area contributed by atoms with Crippen LogP contribution < -0.4 is 5.73 Å². The van der Waals surface area contributed by atoms with Crippen molar-refractivity contribution < 1.29 is 9.90 Å².